The van der Waals surface area contributed by atoms with Gasteiger partial charge in [0.05, 0.1) is 0 Å². The summed E-state index contributed by atoms with van der Waals surface area (Å²) in [5.74, 6) is 0.315. The van der Waals surface area contributed by atoms with Crippen molar-refractivity contribution >= 4 is 11.4 Å². The number of hydrogen-bond donors (Lipinski definition) is 3. The van der Waals surface area contributed by atoms with E-state index in [1.54, 1.807) is 6.92 Å². The zero-order chi connectivity index (χ0) is 35.8. The predicted molar refractivity (Wildman–Crippen MR) is 218 cm³/mol. The Hall–Kier alpha value is -2.75. The lowest BCUT2D eigenvalue weighted by atomic mass is 10.0. The maximum Gasteiger partial charge on any atom is 0.129 e. The molecule has 0 spiro atoms. The van der Waals surface area contributed by atoms with Crippen molar-refractivity contribution in [3.05, 3.63) is 78.8 Å². The maximum atomic E-state index is 11.0. The number of allylic oxidation sites excluding steroid dienone is 4. The van der Waals surface area contributed by atoms with Crippen molar-refractivity contribution in [3.63, 3.8) is 0 Å². The maximum absolute atomic E-state index is 11.0. The highest BCUT2D eigenvalue weighted by molar-refractivity contribution is 5.75. The van der Waals surface area contributed by atoms with Crippen molar-refractivity contribution in [3.8, 4) is 0 Å². The van der Waals surface area contributed by atoms with Gasteiger partial charge in [-0.15, -0.1) is 0 Å². The molecule has 0 heterocycles. The molecule has 0 bridgehead atoms. The average molecular weight is 676 g/mol. The largest absolute Gasteiger partial charge is 0.389 e. The second-order valence-corrected chi connectivity index (χ2v) is 14.6. The van der Waals surface area contributed by atoms with E-state index in [0.717, 1.165) is 63.7 Å². The standard InChI is InChI=1S/C45H77N3O/c1-39(2)45-34-32-44(33-35-45)31-23-17-11-9-7-8-10-14-20-28-41(4)48-38-26-29-42(5)47-37-24-18-12-15-21-27-40(3)46-36-25-19-13-16-22-30-43(6)49/h32-35,46-48H,1,3-5,7-31,36-38H2,2,6H3. The first kappa shape index (κ1) is 44.3. The van der Waals surface area contributed by atoms with Gasteiger partial charge >= 0.3 is 0 Å². The summed E-state index contributed by atoms with van der Waals surface area (Å²) in [4.78, 5) is 11.0. The van der Waals surface area contributed by atoms with Crippen molar-refractivity contribution in [2.24, 2.45) is 0 Å². The minimum atomic E-state index is 0.315. The summed E-state index contributed by atoms with van der Waals surface area (Å²) >= 11 is 0. The van der Waals surface area contributed by atoms with E-state index in [1.165, 1.54) is 150 Å². The molecule has 4 heteroatoms. The van der Waals surface area contributed by atoms with Gasteiger partial charge in [0, 0.05) is 43.1 Å². The van der Waals surface area contributed by atoms with Crippen molar-refractivity contribution in [2.45, 2.75) is 174 Å². The molecule has 0 atom stereocenters. The number of aryl methyl sites for hydroxylation is 1. The third-order valence-electron chi connectivity index (χ3n) is 9.53. The van der Waals surface area contributed by atoms with Crippen LogP contribution in [0.5, 0.6) is 0 Å². The summed E-state index contributed by atoms with van der Waals surface area (Å²) in [7, 11) is 0. The third kappa shape index (κ3) is 28.8. The van der Waals surface area contributed by atoms with Gasteiger partial charge in [-0.1, -0.05) is 140 Å². The molecule has 0 radical (unpaired) electrons. The van der Waals surface area contributed by atoms with Gasteiger partial charge in [-0.05, 0) is 95.6 Å². The van der Waals surface area contributed by atoms with E-state index in [9.17, 15) is 4.79 Å². The number of ketones is 1. The Morgan fingerprint density at radius 2 is 0.796 bits per heavy atom. The van der Waals surface area contributed by atoms with Crippen LogP contribution >= 0.6 is 0 Å². The van der Waals surface area contributed by atoms with Crippen LogP contribution in [0.1, 0.15) is 179 Å². The lowest BCUT2D eigenvalue weighted by Gasteiger charge is -2.12. The Morgan fingerprint density at radius 1 is 0.449 bits per heavy atom. The van der Waals surface area contributed by atoms with Gasteiger partial charge in [-0.2, -0.15) is 0 Å². The van der Waals surface area contributed by atoms with E-state index in [2.05, 4.69) is 73.5 Å². The monoisotopic (exact) mass is 676 g/mol. The van der Waals surface area contributed by atoms with Crippen molar-refractivity contribution < 1.29 is 4.79 Å². The molecule has 1 aromatic rings. The van der Waals surface area contributed by atoms with E-state index >= 15 is 0 Å². The van der Waals surface area contributed by atoms with Gasteiger partial charge in [0.2, 0.25) is 0 Å². The van der Waals surface area contributed by atoms with Gasteiger partial charge in [0.1, 0.15) is 5.78 Å². The quantitative estimate of drug-likeness (QED) is 0.0620. The van der Waals surface area contributed by atoms with E-state index in [0.29, 0.717) is 5.78 Å². The Morgan fingerprint density at radius 3 is 1.22 bits per heavy atom. The minimum absolute atomic E-state index is 0.315. The molecule has 1 rings (SSSR count). The zero-order valence-corrected chi connectivity index (χ0v) is 32.3. The van der Waals surface area contributed by atoms with Crippen molar-refractivity contribution in [1.82, 2.24) is 16.0 Å². The first-order chi connectivity index (χ1) is 23.8. The molecule has 0 amide bonds. The molecule has 3 N–H and O–H groups in total. The molecule has 0 aliphatic carbocycles. The number of unbranched alkanes of at least 4 members (excludes halogenated alkanes) is 16. The fourth-order valence-corrected chi connectivity index (χ4v) is 6.25. The second kappa shape index (κ2) is 31.2. The molecular formula is C45H77N3O. The molecule has 0 aromatic heterocycles. The number of hydrogen-bond acceptors (Lipinski definition) is 4. The first-order valence-electron chi connectivity index (χ1n) is 20.3. The number of Topliss-reactive ketones (excluding diaryl/α,β-unsaturated/α-hetero) is 1. The summed E-state index contributed by atoms with van der Waals surface area (Å²) < 4.78 is 0. The summed E-state index contributed by atoms with van der Waals surface area (Å²) in [5, 5.41) is 10.6. The fraction of sp³-hybridized carbons (Fsp3) is 0.667. The molecule has 4 nitrogen and oxygen atoms in total. The summed E-state index contributed by atoms with van der Waals surface area (Å²) in [6.07, 6.45) is 30.5. The summed E-state index contributed by atoms with van der Waals surface area (Å²) in [6.45, 7) is 23.5. The molecule has 0 saturated carbocycles. The number of rotatable bonds is 36. The third-order valence-corrected chi connectivity index (χ3v) is 9.53. The van der Waals surface area contributed by atoms with Crippen LogP contribution in [0.2, 0.25) is 0 Å². The van der Waals surface area contributed by atoms with Crippen molar-refractivity contribution in [1.29, 1.82) is 0 Å². The fourth-order valence-electron chi connectivity index (χ4n) is 6.25. The van der Waals surface area contributed by atoms with Gasteiger partial charge < -0.3 is 20.7 Å². The molecule has 0 aliphatic rings. The van der Waals surface area contributed by atoms with Crippen LogP contribution in [-0.2, 0) is 11.2 Å². The van der Waals surface area contributed by atoms with Crippen LogP contribution in [0.3, 0.4) is 0 Å². The van der Waals surface area contributed by atoms with Crippen LogP contribution in [0, 0.1) is 0 Å². The lowest BCUT2D eigenvalue weighted by molar-refractivity contribution is -0.117. The molecule has 0 aliphatic heterocycles. The normalized spacial score (nSPS) is 10.9. The van der Waals surface area contributed by atoms with E-state index < -0.39 is 0 Å². The van der Waals surface area contributed by atoms with E-state index in [4.69, 9.17) is 0 Å². The van der Waals surface area contributed by atoms with Crippen LogP contribution in [0.15, 0.2) is 67.7 Å². The first-order valence-corrected chi connectivity index (χ1v) is 20.3. The smallest absolute Gasteiger partial charge is 0.129 e. The molecule has 0 saturated heterocycles. The Kier molecular flexibility index (Phi) is 28.2. The SMILES string of the molecule is C=C(CCCCCCCNC(=C)CCCNC(=C)CCCCCCCCCCCc1ccc(C(=C)C)cc1)NCCCCCCCC(C)=O. The molecule has 0 fully saturated rings. The summed E-state index contributed by atoms with van der Waals surface area (Å²) in [6, 6.07) is 8.94. The molecule has 0 unspecified atom stereocenters. The van der Waals surface area contributed by atoms with Crippen LogP contribution in [0.25, 0.3) is 5.57 Å². The molecule has 49 heavy (non-hydrogen) atoms. The zero-order valence-electron chi connectivity index (χ0n) is 32.3. The number of benzene rings is 1. The van der Waals surface area contributed by atoms with Gasteiger partial charge in [0.25, 0.3) is 0 Å². The van der Waals surface area contributed by atoms with Crippen LogP contribution in [-0.4, -0.2) is 25.4 Å². The molecule has 1 aromatic carbocycles. The lowest BCUT2D eigenvalue weighted by Crippen LogP contribution is -2.17. The topological polar surface area (TPSA) is 53.2 Å². The summed E-state index contributed by atoms with van der Waals surface area (Å²) in [5.41, 5.74) is 7.40. The van der Waals surface area contributed by atoms with Gasteiger partial charge in [-0.25, -0.2) is 0 Å². The molecular weight excluding hydrogens is 599 g/mol. The minimum Gasteiger partial charge on any atom is -0.389 e. The van der Waals surface area contributed by atoms with Crippen molar-refractivity contribution in [2.75, 3.05) is 19.6 Å². The number of carbonyl (C=O) groups is 1. The van der Waals surface area contributed by atoms with Crippen LogP contribution in [0.4, 0.5) is 0 Å². The van der Waals surface area contributed by atoms with Gasteiger partial charge in [0.15, 0.2) is 0 Å². The number of carbonyl (C=O) groups excluding carboxylic acids is 1. The average Bonchev–Trinajstić information content (AvgIpc) is 3.08. The van der Waals surface area contributed by atoms with Crippen LogP contribution < -0.4 is 16.0 Å². The van der Waals surface area contributed by atoms with E-state index in [1.807, 2.05) is 0 Å². The highest BCUT2D eigenvalue weighted by atomic mass is 16.1. The predicted octanol–water partition coefficient (Wildman–Crippen LogP) is 12.5. The van der Waals surface area contributed by atoms with E-state index in [-0.39, 0.29) is 0 Å². The Bertz CT molecular complexity index is 1020. The number of nitrogens with one attached hydrogen (secondary N) is 3. The van der Waals surface area contributed by atoms with Gasteiger partial charge in [-0.3, -0.25) is 0 Å². The molecule has 278 valence electrons. The highest BCUT2D eigenvalue weighted by Crippen LogP contribution is 2.16. The Balaban J connectivity index is 1.80. The second-order valence-electron chi connectivity index (χ2n) is 14.6. The highest BCUT2D eigenvalue weighted by Gasteiger charge is 2.01. The Labute approximate surface area is 304 Å².